The Morgan fingerprint density at radius 1 is 1.05 bits per heavy atom. The number of aliphatic hydroxyl groups excluding tert-OH is 4. The topological polar surface area (TPSA) is 140 Å². The second-order valence-corrected chi connectivity index (χ2v) is 11.1. The first-order chi connectivity index (χ1) is 20.0. The number of halogens is 1. The molecule has 2 aromatic carbocycles. The quantitative estimate of drug-likeness (QED) is 0.384. The van der Waals surface area contributed by atoms with Gasteiger partial charge < -0.3 is 39.7 Å². The normalized spacial score (nSPS) is 24.9. The lowest BCUT2D eigenvalue weighted by atomic mass is 9.97. The summed E-state index contributed by atoms with van der Waals surface area (Å²) in [6, 6.07) is 11.2. The van der Waals surface area contributed by atoms with E-state index in [-0.39, 0.29) is 37.7 Å². The number of hydrogen-bond acceptors (Lipinski definition) is 8. The van der Waals surface area contributed by atoms with Gasteiger partial charge in [0.1, 0.15) is 42.0 Å². The van der Waals surface area contributed by atoms with Gasteiger partial charge in [-0.05, 0) is 67.1 Å². The van der Waals surface area contributed by atoms with Gasteiger partial charge in [-0.15, -0.1) is 0 Å². The number of ether oxygens (including phenoxy) is 2. The van der Waals surface area contributed by atoms with Crippen molar-refractivity contribution in [3.63, 3.8) is 0 Å². The molecule has 2 aromatic rings. The summed E-state index contributed by atoms with van der Waals surface area (Å²) in [4.78, 5) is 31.0. The average Bonchev–Trinajstić information content (AvgIpc) is 2.98. The summed E-state index contributed by atoms with van der Waals surface area (Å²) >= 11 is 0. The number of amides is 2. The molecule has 1 aliphatic rings. The minimum Gasteiger partial charge on any atom is -0.497 e. The highest BCUT2D eigenvalue weighted by Crippen LogP contribution is 2.23. The Hall–Kier alpha value is -3.09. The molecule has 0 unspecified atom stereocenters. The Kier molecular flexibility index (Phi) is 12.7. The van der Waals surface area contributed by atoms with E-state index in [1.807, 2.05) is 13.8 Å². The monoisotopic (exact) mass is 590 g/mol. The van der Waals surface area contributed by atoms with Crippen LogP contribution in [0.25, 0.3) is 0 Å². The van der Waals surface area contributed by atoms with E-state index in [9.17, 15) is 34.4 Å². The van der Waals surface area contributed by atoms with Crippen LogP contribution in [-0.2, 0) is 16.1 Å². The molecule has 1 fully saturated rings. The third-order valence-electron chi connectivity index (χ3n) is 7.39. The van der Waals surface area contributed by atoms with Crippen molar-refractivity contribution in [2.24, 2.45) is 5.92 Å². The van der Waals surface area contributed by atoms with Crippen molar-refractivity contribution in [3.05, 3.63) is 65.5 Å². The lowest BCUT2D eigenvalue weighted by Crippen LogP contribution is -2.56. The molecule has 1 heterocycles. The first-order valence-electron chi connectivity index (χ1n) is 14.3. The fraction of sp³-hybridized carbons (Fsp3) is 0.548. The van der Waals surface area contributed by atoms with Crippen LogP contribution in [0.2, 0.25) is 0 Å². The summed E-state index contributed by atoms with van der Waals surface area (Å²) in [5, 5.41) is 42.2. The van der Waals surface area contributed by atoms with Crippen molar-refractivity contribution in [2.75, 3.05) is 33.4 Å². The zero-order chi connectivity index (χ0) is 30.8. The number of methoxy groups -OCH3 is 1. The largest absolute Gasteiger partial charge is 0.497 e. The van der Waals surface area contributed by atoms with Crippen molar-refractivity contribution < 1.29 is 43.9 Å². The molecule has 11 heteroatoms. The molecule has 0 bridgehead atoms. The van der Waals surface area contributed by atoms with Crippen LogP contribution in [0.3, 0.4) is 0 Å². The Morgan fingerprint density at radius 2 is 1.71 bits per heavy atom. The second kappa shape index (κ2) is 15.9. The van der Waals surface area contributed by atoms with Gasteiger partial charge in [-0.2, -0.15) is 0 Å². The molecule has 42 heavy (non-hydrogen) atoms. The van der Waals surface area contributed by atoms with Gasteiger partial charge in [0, 0.05) is 31.8 Å². The molecule has 1 aliphatic heterocycles. The van der Waals surface area contributed by atoms with E-state index in [4.69, 9.17) is 9.47 Å². The van der Waals surface area contributed by atoms with Gasteiger partial charge >= 0.3 is 0 Å². The minimum atomic E-state index is -1.73. The van der Waals surface area contributed by atoms with Crippen LogP contribution in [0.1, 0.15) is 49.0 Å². The van der Waals surface area contributed by atoms with Crippen molar-refractivity contribution in [2.45, 2.75) is 70.1 Å². The summed E-state index contributed by atoms with van der Waals surface area (Å²) in [5.74, 6) is -0.736. The van der Waals surface area contributed by atoms with Crippen LogP contribution in [-0.4, -0.2) is 106 Å². The minimum absolute atomic E-state index is 0.00942. The van der Waals surface area contributed by atoms with Gasteiger partial charge in [0.05, 0.1) is 13.7 Å². The molecule has 0 saturated carbocycles. The van der Waals surface area contributed by atoms with Gasteiger partial charge in [-0.1, -0.05) is 26.0 Å². The number of nitrogens with zero attached hydrogens (tertiary/aromatic N) is 2. The predicted molar refractivity (Wildman–Crippen MR) is 153 cm³/mol. The lowest BCUT2D eigenvalue weighted by Gasteiger charge is -2.38. The number of hydrogen-bond donors (Lipinski definition) is 4. The molecule has 0 radical (unpaired) electrons. The lowest BCUT2D eigenvalue weighted by molar-refractivity contribution is -0.150. The SMILES string of the molecule is COc1ccc(CN2C[C@H](O)[C@@H](O)[C@H](O)[C@@H](CO)OCCCCN(C(=O)c3ccc(F)cc3)[C@@H](CC(C)C)C2=O)cc1. The second-order valence-electron chi connectivity index (χ2n) is 11.1. The average molecular weight is 591 g/mol. The van der Waals surface area contributed by atoms with E-state index in [0.29, 0.717) is 30.6 Å². The fourth-order valence-corrected chi connectivity index (χ4v) is 5.02. The van der Waals surface area contributed by atoms with E-state index < -0.39 is 54.7 Å². The van der Waals surface area contributed by atoms with Crippen LogP contribution in [0.5, 0.6) is 5.75 Å². The van der Waals surface area contributed by atoms with Crippen molar-refractivity contribution in [3.8, 4) is 5.75 Å². The predicted octanol–water partition coefficient (Wildman–Crippen LogP) is 1.97. The Labute approximate surface area is 246 Å². The highest BCUT2D eigenvalue weighted by atomic mass is 19.1. The van der Waals surface area contributed by atoms with Crippen LogP contribution in [0, 0.1) is 11.7 Å². The molecule has 1 saturated heterocycles. The molecule has 0 aromatic heterocycles. The maximum absolute atomic E-state index is 14.4. The number of β-amino-alcohol motifs (C(OH)–C–C–N with tert-alkyl or cyclic N) is 1. The fourth-order valence-electron chi connectivity index (χ4n) is 5.02. The molecule has 232 valence electrons. The first kappa shape index (κ1) is 33.4. The Morgan fingerprint density at radius 3 is 2.31 bits per heavy atom. The van der Waals surface area contributed by atoms with Gasteiger partial charge in [-0.3, -0.25) is 9.59 Å². The molecule has 3 rings (SSSR count). The van der Waals surface area contributed by atoms with Gasteiger partial charge in [0.15, 0.2) is 0 Å². The number of aliphatic hydroxyl groups is 4. The number of carbonyl (C=O) groups excluding carboxylic acids is 2. The molecule has 0 spiro atoms. The zero-order valence-corrected chi connectivity index (χ0v) is 24.4. The smallest absolute Gasteiger partial charge is 0.254 e. The third-order valence-corrected chi connectivity index (χ3v) is 7.39. The molecule has 2 amide bonds. The third kappa shape index (κ3) is 8.95. The van der Waals surface area contributed by atoms with E-state index in [1.54, 1.807) is 24.3 Å². The molecule has 4 N–H and O–H groups in total. The standard InChI is InChI=1S/C31H43FN2O8/c1-20(2)16-25-31(40)33(17-21-6-12-24(41-3)13-7-21)18-26(36)28(37)29(38)27(19-35)42-15-5-4-14-34(25)30(39)22-8-10-23(32)11-9-22/h6-13,20,25-29,35-38H,4-5,14-19H2,1-3H3/t25-,26-,27+,28+,29+/m0/s1. The summed E-state index contributed by atoms with van der Waals surface area (Å²) in [5.41, 5.74) is 0.944. The highest BCUT2D eigenvalue weighted by molar-refractivity contribution is 5.97. The maximum atomic E-state index is 14.4. The van der Waals surface area contributed by atoms with Crippen LogP contribution in [0.4, 0.5) is 4.39 Å². The van der Waals surface area contributed by atoms with Crippen LogP contribution < -0.4 is 4.74 Å². The number of rotatable bonds is 7. The van der Waals surface area contributed by atoms with Gasteiger partial charge in [-0.25, -0.2) is 4.39 Å². The summed E-state index contributed by atoms with van der Waals surface area (Å²) in [6.07, 6.45) is -4.90. The van der Waals surface area contributed by atoms with Gasteiger partial charge in [0.2, 0.25) is 5.91 Å². The van der Waals surface area contributed by atoms with E-state index >= 15 is 0 Å². The summed E-state index contributed by atoms with van der Waals surface area (Å²) in [7, 11) is 1.54. The molecule has 5 atom stereocenters. The van der Waals surface area contributed by atoms with E-state index in [0.717, 1.165) is 0 Å². The molecular formula is C31H43FN2O8. The van der Waals surface area contributed by atoms with Gasteiger partial charge in [0.25, 0.3) is 5.91 Å². The van der Waals surface area contributed by atoms with Crippen LogP contribution in [0.15, 0.2) is 48.5 Å². The van der Waals surface area contributed by atoms with Crippen molar-refractivity contribution in [1.29, 1.82) is 0 Å². The Bertz CT molecular complexity index is 1130. The molecular weight excluding hydrogens is 547 g/mol. The maximum Gasteiger partial charge on any atom is 0.254 e. The number of benzene rings is 2. The van der Waals surface area contributed by atoms with Crippen molar-refractivity contribution >= 4 is 11.8 Å². The van der Waals surface area contributed by atoms with Crippen molar-refractivity contribution in [1.82, 2.24) is 9.80 Å². The zero-order valence-electron chi connectivity index (χ0n) is 24.4. The molecule has 0 aliphatic carbocycles. The number of carbonyl (C=O) groups is 2. The Balaban J connectivity index is 2.05. The summed E-state index contributed by atoms with van der Waals surface area (Å²) < 4.78 is 24.5. The van der Waals surface area contributed by atoms with Crippen LogP contribution >= 0.6 is 0 Å². The van der Waals surface area contributed by atoms with E-state index in [1.165, 1.54) is 41.2 Å². The van der Waals surface area contributed by atoms with E-state index in [2.05, 4.69) is 0 Å². The first-order valence-corrected chi connectivity index (χ1v) is 14.3. The highest BCUT2D eigenvalue weighted by Gasteiger charge is 2.38. The molecule has 10 nitrogen and oxygen atoms in total. The summed E-state index contributed by atoms with van der Waals surface area (Å²) in [6.45, 7) is 3.25.